The fourth-order valence-electron chi connectivity index (χ4n) is 3.65. The molecule has 0 unspecified atom stereocenters. The van der Waals surface area contributed by atoms with E-state index in [1.807, 2.05) is 0 Å². The molecule has 1 heterocycles. The molecule has 0 spiro atoms. The van der Waals surface area contributed by atoms with Crippen LogP contribution in [0.15, 0.2) is 23.4 Å². The Morgan fingerprint density at radius 3 is 2.73 bits per heavy atom. The standard InChI is InChI=1S/C15H23ClN4O2/c16-13-7-6-12(20(21)22)14(19-13)18-11-4-2-10(3-5-11)15(17)8-1-9-15/h2,4,7,10-12,14,18-19H,1,3,5-6,8-9,17H2/t10-,11+,12+,14-/m0/s1. The molecule has 4 atom stereocenters. The van der Waals surface area contributed by atoms with E-state index in [0.717, 1.165) is 25.7 Å². The van der Waals surface area contributed by atoms with Gasteiger partial charge < -0.3 is 11.1 Å². The smallest absolute Gasteiger partial charge is 0.249 e. The second kappa shape index (κ2) is 6.18. The van der Waals surface area contributed by atoms with Crippen LogP contribution in [0.25, 0.3) is 0 Å². The molecule has 0 radical (unpaired) electrons. The van der Waals surface area contributed by atoms with Crippen molar-refractivity contribution in [3.05, 3.63) is 33.5 Å². The van der Waals surface area contributed by atoms with Crippen molar-refractivity contribution in [2.24, 2.45) is 11.7 Å². The lowest BCUT2D eigenvalue weighted by Gasteiger charge is -2.45. The van der Waals surface area contributed by atoms with Crippen LogP contribution < -0.4 is 16.4 Å². The fourth-order valence-corrected chi connectivity index (χ4v) is 3.86. The second-order valence-electron chi connectivity index (χ2n) is 6.69. The first kappa shape index (κ1) is 15.8. The summed E-state index contributed by atoms with van der Waals surface area (Å²) in [5.41, 5.74) is 6.38. The van der Waals surface area contributed by atoms with Crippen LogP contribution in [0.2, 0.25) is 0 Å². The molecule has 0 amide bonds. The first-order valence-electron chi connectivity index (χ1n) is 7.97. The normalized spacial score (nSPS) is 36.9. The molecule has 0 aromatic carbocycles. The van der Waals surface area contributed by atoms with Crippen LogP contribution in [0.1, 0.15) is 38.5 Å². The molecule has 122 valence electrons. The minimum absolute atomic E-state index is 0.0139. The maximum absolute atomic E-state index is 11.2. The maximum Gasteiger partial charge on any atom is 0.249 e. The predicted octanol–water partition coefficient (Wildman–Crippen LogP) is 1.84. The number of nitrogens with zero attached hydrogens (tertiary/aromatic N) is 1. The van der Waals surface area contributed by atoms with Crippen molar-refractivity contribution in [2.75, 3.05) is 0 Å². The van der Waals surface area contributed by atoms with E-state index in [2.05, 4.69) is 22.8 Å². The number of nitrogens with one attached hydrogen (secondary N) is 2. The summed E-state index contributed by atoms with van der Waals surface area (Å²) < 4.78 is 0. The van der Waals surface area contributed by atoms with E-state index >= 15 is 0 Å². The van der Waals surface area contributed by atoms with Crippen LogP contribution in [0.5, 0.6) is 0 Å². The number of hydrogen-bond acceptors (Lipinski definition) is 5. The van der Waals surface area contributed by atoms with Gasteiger partial charge >= 0.3 is 0 Å². The highest BCUT2D eigenvalue weighted by atomic mass is 35.5. The van der Waals surface area contributed by atoms with Crippen LogP contribution in [0, 0.1) is 16.0 Å². The Morgan fingerprint density at radius 1 is 1.41 bits per heavy atom. The molecule has 6 nitrogen and oxygen atoms in total. The van der Waals surface area contributed by atoms with Gasteiger partial charge in [0.25, 0.3) is 0 Å². The minimum Gasteiger partial charge on any atom is -0.355 e. The summed E-state index contributed by atoms with van der Waals surface area (Å²) in [6, 6.07) is -0.566. The third-order valence-corrected chi connectivity index (χ3v) is 5.53. The van der Waals surface area contributed by atoms with Crippen LogP contribution in [-0.4, -0.2) is 28.7 Å². The van der Waals surface area contributed by atoms with Gasteiger partial charge in [-0.2, -0.15) is 0 Å². The van der Waals surface area contributed by atoms with Crippen LogP contribution in [0.3, 0.4) is 0 Å². The van der Waals surface area contributed by atoms with Crippen LogP contribution in [-0.2, 0) is 0 Å². The Labute approximate surface area is 135 Å². The molecule has 7 heteroatoms. The first-order chi connectivity index (χ1) is 10.5. The topological polar surface area (TPSA) is 93.2 Å². The van der Waals surface area contributed by atoms with Gasteiger partial charge in [-0.15, -0.1) is 0 Å². The highest BCUT2D eigenvalue weighted by Gasteiger charge is 2.41. The van der Waals surface area contributed by atoms with E-state index in [9.17, 15) is 10.1 Å². The van der Waals surface area contributed by atoms with Gasteiger partial charge in [0.05, 0.1) is 5.16 Å². The summed E-state index contributed by atoms with van der Waals surface area (Å²) in [7, 11) is 0. The Balaban J connectivity index is 1.60. The number of hydrogen-bond donors (Lipinski definition) is 3. The zero-order valence-corrected chi connectivity index (χ0v) is 13.3. The Hall–Kier alpha value is -1.11. The van der Waals surface area contributed by atoms with E-state index in [1.165, 1.54) is 6.42 Å². The largest absolute Gasteiger partial charge is 0.355 e. The number of nitrogens with two attached hydrogens (primary N) is 1. The van der Waals surface area contributed by atoms with Crippen LogP contribution in [0.4, 0.5) is 0 Å². The monoisotopic (exact) mass is 326 g/mol. The Bertz CT molecular complexity index is 504. The fraction of sp³-hybridized carbons (Fsp3) is 0.733. The van der Waals surface area contributed by atoms with Gasteiger partial charge in [0.15, 0.2) is 0 Å². The van der Waals surface area contributed by atoms with Crippen molar-refractivity contribution in [2.45, 2.75) is 62.3 Å². The molecule has 1 saturated carbocycles. The second-order valence-corrected chi connectivity index (χ2v) is 7.10. The summed E-state index contributed by atoms with van der Waals surface area (Å²) in [5.74, 6) is 0.438. The summed E-state index contributed by atoms with van der Waals surface area (Å²) in [4.78, 5) is 10.9. The molecule has 22 heavy (non-hydrogen) atoms. The van der Waals surface area contributed by atoms with E-state index in [0.29, 0.717) is 17.5 Å². The lowest BCUT2D eigenvalue weighted by Crippen LogP contribution is -2.58. The molecule has 0 aromatic rings. The van der Waals surface area contributed by atoms with Crippen molar-refractivity contribution in [3.63, 3.8) is 0 Å². The predicted molar refractivity (Wildman–Crippen MR) is 85.8 cm³/mol. The molecule has 2 aliphatic carbocycles. The van der Waals surface area contributed by atoms with E-state index in [1.54, 1.807) is 6.08 Å². The molecule has 4 N–H and O–H groups in total. The molecule has 1 fully saturated rings. The molecular weight excluding hydrogens is 304 g/mol. The molecule has 3 rings (SSSR count). The number of halogens is 1. The highest BCUT2D eigenvalue weighted by Crippen LogP contribution is 2.40. The zero-order chi connectivity index (χ0) is 15.7. The van der Waals surface area contributed by atoms with Crippen molar-refractivity contribution in [3.8, 4) is 0 Å². The van der Waals surface area contributed by atoms with Gasteiger partial charge in [0.1, 0.15) is 6.17 Å². The Kier molecular flexibility index (Phi) is 4.43. The van der Waals surface area contributed by atoms with E-state index in [4.69, 9.17) is 17.3 Å². The minimum atomic E-state index is -0.693. The average molecular weight is 327 g/mol. The van der Waals surface area contributed by atoms with E-state index in [-0.39, 0.29) is 16.5 Å². The third kappa shape index (κ3) is 3.14. The summed E-state index contributed by atoms with van der Waals surface area (Å²) in [6.07, 6.45) is 11.3. The van der Waals surface area contributed by atoms with Crippen LogP contribution >= 0.6 is 11.6 Å². The van der Waals surface area contributed by atoms with Gasteiger partial charge in [0.2, 0.25) is 6.04 Å². The maximum atomic E-state index is 11.2. The number of nitro groups is 1. The van der Waals surface area contributed by atoms with Gasteiger partial charge in [0, 0.05) is 22.9 Å². The molecule has 0 saturated heterocycles. The van der Waals surface area contributed by atoms with E-state index < -0.39 is 12.2 Å². The molecule has 3 aliphatic rings. The zero-order valence-electron chi connectivity index (χ0n) is 12.5. The van der Waals surface area contributed by atoms with Gasteiger partial charge in [-0.1, -0.05) is 23.8 Å². The molecule has 0 aromatic heterocycles. The third-order valence-electron chi connectivity index (χ3n) is 5.27. The quantitative estimate of drug-likeness (QED) is 0.317. The first-order valence-corrected chi connectivity index (χ1v) is 8.35. The lowest BCUT2D eigenvalue weighted by atomic mass is 9.66. The van der Waals surface area contributed by atoms with Crippen molar-refractivity contribution in [1.29, 1.82) is 0 Å². The molecule has 0 bridgehead atoms. The van der Waals surface area contributed by atoms with Crippen molar-refractivity contribution < 1.29 is 4.92 Å². The van der Waals surface area contributed by atoms with Crippen molar-refractivity contribution >= 4 is 11.6 Å². The van der Waals surface area contributed by atoms with Gasteiger partial charge in [-0.05, 0) is 44.1 Å². The summed E-state index contributed by atoms with van der Waals surface area (Å²) >= 11 is 5.96. The molecule has 1 aliphatic heterocycles. The summed E-state index contributed by atoms with van der Waals surface area (Å²) in [5, 5.41) is 17.9. The van der Waals surface area contributed by atoms with Gasteiger partial charge in [-0.3, -0.25) is 15.4 Å². The molecular formula is C15H23ClN4O2. The lowest BCUT2D eigenvalue weighted by molar-refractivity contribution is -0.527. The SMILES string of the molecule is NC1([C@H]2C=C[C@@H](N[C@H]3NC(Cl)=CC[C@H]3[N+](=O)[O-])CC2)CCC1. The highest BCUT2D eigenvalue weighted by molar-refractivity contribution is 6.29. The average Bonchev–Trinajstić information content (AvgIpc) is 2.45. The summed E-state index contributed by atoms with van der Waals surface area (Å²) in [6.45, 7) is 0. The van der Waals surface area contributed by atoms with Gasteiger partial charge in [-0.25, -0.2) is 0 Å². The number of rotatable bonds is 4. The Morgan fingerprint density at radius 2 is 2.18 bits per heavy atom. The van der Waals surface area contributed by atoms with Crippen molar-refractivity contribution in [1.82, 2.24) is 10.6 Å².